The summed E-state index contributed by atoms with van der Waals surface area (Å²) in [6.45, 7) is 2.15. The predicted octanol–water partition coefficient (Wildman–Crippen LogP) is 1.71. The lowest BCUT2D eigenvalue weighted by Crippen LogP contribution is -2.29. The van der Waals surface area contributed by atoms with Crippen molar-refractivity contribution in [3.8, 4) is 0 Å². The van der Waals surface area contributed by atoms with Gasteiger partial charge in [-0.25, -0.2) is 9.97 Å². The number of anilines is 1. The first kappa shape index (κ1) is 13.2. The molecule has 1 unspecified atom stereocenters. The standard InChI is InChI=1S/C9H12Cl2N4O/c1-2-5(3-12)9(16)15-6-7(10)13-4-14-8(6)11/h4-5H,2-3,12H2,1H3,(H,15,16). The third kappa shape index (κ3) is 3.04. The molecule has 1 aromatic rings. The predicted molar refractivity (Wildman–Crippen MR) is 63.5 cm³/mol. The second-order valence-electron chi connectivity index (χ2n) is 3.16. The molecular weight excluding hydrogens is 251 g/mol. The molecule has 1 heterocycles. The molecule has 0 bridgehead atoms. The van der Waals surface area contributed by atoms with Gasteiger partial charge in [0.15, 0.2) is 10.3 Å². The van der Waals surface area contributed by atoms with E-state index in [2.05, 4.69) is 15.3 Å². The van der Waals surface area contributed by atoms with Gasteiger partial charge in [-0.1, -0.05) is 30.1 Å². The molecular formula is C9H12Cl2N4O. The zero-order valence-electron chi connectivity index (χ0n) is 8.70. The van der Waals surface area contributed by atoms with Gasteiger partial charge >= 0.3 is 0 Å². The molecule has 0 spiro atoms. The first-order valence-corrected chi connectivity index (χ1v) is 5.52. The quantitative estimate of drug-likeness (QED) is 0.810. The van der Waals surface area contributed by atoms with E-state index in [1.165, 1.54) is 6.33 Å². The number of nitrogens with two attached hydrogens (primary N) is 1. The molecule has 1 amide bonds. The largest absolute Gasteiger partial charge is 0.330 e. The molecule has 1 aromatic heterocycles. The van der Waals surface area contributed by atoms with E-state index in [1.807, 2.05) is 6.92 Å². The average molecular weight is 263 g/mol. The number of nitrogens with zero attached hydrogens (tertiary/aromatic N) is 2. The SMILES string of the molecule is CCC(CN)C(=O)Nc1c(Cl)ncnc1Cl. The van der Waals surface area contributed by atoms with Crippen molar-refractivity contribution in [2.75, 3.05) is 11.9 Å². The lowest BCUT2D eigenvalue weighted by molar-refractivity contribution is -0.119. The topological polar surface area (TPSA) is 80.9 Å². The maximum absolute atomic E-state index is 11.7. The van der Waals surface area contributed by atoms with Gasteiger partial charge in [-0.2, -0.15) is 0 Å². The average Bonchev–Trinajstić information content (AvgIpc) is 2.25. The minimum atomic E-state index is -0.271. The van der Waals surface area contributed by atoms with Gasteiger partial charge in [0, 0.05) is 6.54 Å². The Morgan fingerprint density at radius 2 is 2.06 bits per heavy atom. The Balaban J connectivity index is 2.84. The highest BCUT2D eigenvalue weighted by atomic mass is 35.5. The summed E-state index contributed by atoms with van der Waals surface area (Å²) in [5.41, 5.74) is 5.68. The van der Waals surface area contributed by atoms with E-state index >= 15 is 0 Å². The zero-order valence-corrected chi connectivity index (χ0v) is 10.2. The Labute approximate surface area is 103 Å². The molecule has 0 aliphatic heterocycles. The van der Waals surface area contributed by atoms with Crippen LogP contribution in [0.15, 0.2) is 6.33 Å². The third-order valence-electron chi connectivity index (χ3n) is 2.15. The van der Waals surface area contributed by atoms with Crippen molar-refractivity contribution in [2.24, 2.45) is 11.7 Å². The maximum Gasteiger partial charge on any atom is 0.228 e. The molecule has 0 aliphatic rings. The number of hydrogen-bond acceptors (Lipinski definition) is 4. The fourth-order valence-electron chi connectivity index (χ4n) is 1.13. The van der Waals surface area contributed by atoms with Crippen molar-refractivity contribution in [1.29, 1.82) is 0 Å². The Morgan fingerprint density at radius 1 is 1.50 bits per heavy atom. The van der Waals surface area contributed by atoms with E-state index in [0.717, 1.165) is 0 Å². The monoisotopic (exact) mass is 262 g/mol. The summed E-state index contributed by atoms with van der Waals surface area (Å²) in [4.78, 5) is 19.2. The molecule has 0 saturated carbocycles. The second kappa shape index (κ2) is 5.98. The van der Waals surface area contributed by atoms with Crippen molar-refractivity contribution in [3.63, 3.8) is 0 Å². The summed E-state index contributed by atoms with van der Waals surface area (Å²) in [5, 5.41) is 2.80. The lowest BCUT2D eigenvalue weighted by atomic mass is 10.1. The van der Waals surface area contributed by atoms with Gasteiger partial charge in [0.05, 0.1) is 5.92 Å². The number of halogens is 2. The van der Waals surface area contributed by atoms with Crippen LogP contribution in [-0.2, 0) is 4.79 Å². The van der Waals surface area contributed by atoms with Gasteiger partial charge in [0.1, 0.15) is 12.0 Å². The van der Waals surface area contributed by atoms with Gasteiger partial charge in [0.2, 0.25) is 5.91 Å². The normalized spacial score (nSPS) is 12.2. The molecule has 3 N–H and O–H groups in total. The number of carbonyl (C=O) groups excluding carboxylic acids is 1. The van der Waals surface area contributed by atoms with Crippen LogP contribution in [0.1, 0.15) is 13.3 Å². The minimum Gasteiger partial charge on any atom is -0.330 e. The van der Waals surface area contributed by atoms with Crippen molar-refractivity contribution in [2.45, 2.75) is 13.3 Å². The molecule has 0 aromatic carbocycles. The molecule has 0 radical (unpaired) electrons. The highest BCUT2D eigenvalue weighted by Crippen LogP contribution is 2.26. The highest BCUT2D eigenvalue weighted by molar-refractivity contribution is 6.38. The summed E-state index contributed by atoms with van der Waals surface area (Å²) >= 11 is 11.6. The van der Waals surface area contributed by atoms with Gasteiger partial charge in [-0.15, -0.1) is 0 Å². The van der Waals surface area contributed by atoms with Crippen LogP contribution >= 0.6 is 23.2 Å². The molecule has 1 atom stereocenters. The third-order valence-corrected chi connectivity index (χ3v) is 2.72. The number of hydrogen-bond donors (Lipinski definition) is 2. The summed E-state index contributed by atoms with van der Waals surface area (Å²) in [7, 11) is 0. The molecule has 0 fully saturated rings. The van der Waals surface area contributed by atoms with Gasteiger partial charge < -0.3 is 11.1 Å². The Bertz CT molecular complexity index is 362. The van der Waals surface area contributed by atoms with Crippen molar-refractivity contribution in [1.82, 2.24) is 9.97 Å². The zero-order chi connectivity index (χ0) is 12.1. The van der Waals surface area contributed by atoms with Crippen LogP contribution in [0.4, 0.5) is 5.69 Å². The maximum atomic E-state index is 11.7. The van der Waals surface area contributed by atoms with Gasteiger partial charge in [-0.3, -0.25) is 4.79 Å². The molecule has 88 valence electrons. The van der Waals surface area contributed by atoms with Gasteiger partial charge in [0.25, 0.3) is 0 Å². The molecule has 7 heteroatoms. The number of aromatic nitrogens is 2. The summed E-state index contributed by atoms with van der Waals surface area (Å²) in [6, 6.07) is 0. The van der Waals surface area contributed by atoms with E-state index in [0.29, 0.717) is 6.42 Å². The number of amides is 1. The fraction of sp³-hybridized carbons (Fsp3) is 0.444. The van der Waals surface area contributed by atoms with Gasteiger partial charge in [-0.05, 0) is 6.42 Å². The van der Waals surface area contributed by atoms with Crippen LogP contribution in [0.25, 0.3) is 0 Å². The van der Waals surface area contributed by atoms with Crippen LogP contribution < -0.4 is 11.1 Å². The summed E-state index contributed by atoms with van der Waals surface area (Å²) in [6.07, 6.45) is 1.87. The second-order valence-corrected chi connectivity index (χ2v) is 3.88. The van der Waals surface area contributed by atoms with Crippen molar-refractivity contribution < 1.29 is 4.79 Å². The molecule has 1 rings (SSSR count). The number of nitrogens with one attached hydrogen (secondary N) is 1. The van der Waals surface area contributed by atoms with Crippen LogP contribution in [0, 0.1) is 5.92 Å². The number of carbonyl (C=O) groups is 1. The van der Waals surface area contributed by atoms with Crippen LogP contribution in [0.3, 0.4) is 0 Å². The van der Waals surface area contributed by atoms with Crippen molar-refractivity contribution in [3.05, 3.63) is 16.6 Å². The van der Waals surface area contributed by atoms with E-state index < -0.39 is 0 Å². The summed E-state index contributed by atoms with van der Waals surface area (Å²) in [5.74, 6) is -0.504. The molecule has 0 aliphatic carbocycles. The summed E-state index contributed by atoms with van der Waals surface area (Å²) < 4.78 is 0. The van der Waals surface area contributed by atoms with Crippen LogP contribution in [-0.4, -0.2) is 22.4 Å². The van der Waals surface area contributed by atoms with E-state index in [4.69, 9.17) is 28.9 Å². The number of rotatable bonds is 4. The minimum absolute atomic E-state index is 0.111. The molecule has 5 nitrogen and oxygen atoms in total. The Kier molecular flexibility index (Phi) is 4.92. The Morgan fingerprint density at radius 3 is 2.50 bits per heavy atom. The molecule has 16 heavy (non-hydrogen) atoms. The first-order valence-electron chi connectivity index (χ1n) is 4.77. The highest BCUT2D eigenvalue weighted by Gasteiger charge is 2.18. The first-order chi connectivity index (χ1) is 7.60. The Hall–Kier alpha value is -0.910. The van der Waals surface area contributed by atoms with Crippen LogP contribution in [0.2, 0.25) is 10.3 Å². The van der Waals surface area contributed by atoms with Crippen LogP contribution in [0.5, 0.6) is 0 Å². The van der Waals surface area contributed by atoms with E-state index in [1.54, 1.807) is 0 Å². The van der Waals surface area contributed by atoms with E-state index in [-0.39, 0.29) is 34.4 Å². The fourth-order valence-corrected chi connectivity index (χ4v) is 1.54. The van der Waals surface area contributed by atoms with Crippen molar-refractivity contribution >= 4 is 34.8 Å². The van der Waals surface area contributed by atoms with E-state index in [9.17, 15) is 4.79 Å². The lowest BCUT2D eigenvalue weighted by Gasteiger charge is -2.13. The smallest absolute Gasteiger partial charge is 0.228 e. The molecule has 0 saturated heterocycles.